The molecule has 1 aliphatic rings. The highest BCUT2D eigenvalue weighted by Crippen LogP contribution is 2.13. The van der Waals surface area contributed by atoms with Gasteiger partial charge in [0.15, 0.2) is 0 Å². The normalized spacial score (nSPS) is 17.5. The van der Waals surface area contributed by atoms with E-state index in [1.54, 1.807) is 26.0 Å². The Morgan fingerprint density at radius 2 is 2.09 bits per heavy atom. The molecule has 0 aliphatic carbocycles. The predicted molar refractivity (Wildman–Crippen MR) is 82.8 cm³/mol. The van der Waals surface area contributed by atoms with Crippen LogP contribution < -0.4 is 10.9 Å². The number of amides is 2. The van der Waals surface area contributed by atoms with Crippen LogP contribution in [0.3, 0.4) is 0 Å². The molecule has 0 saturated heterocycles. The zero-order valence-electron chi connectivity index (χ0n) is 12.6. The molecule has 0 fully saturated rings. The van der Waals surface area contributed by atoms with E-state index in [0.29, 0.717) is 17.0 Å². The molecule has 120 valence electrons. The number of benzene rings is 1. The van der Waals surface area contributed by atoms with Gasteiger partial charge in [-0.2, -0.15) is 10.2 Å². The van der Waals surface area contributed by atoms with Crippen LogP contribution in [0.2, 0.25) is 0 Å². The van der Waals surface area contributed by atoms with Crippen LogP contribution >= 0.6 is 0 Å². The van der Waals surface area contributed by atoms with Gasteiger partial charge >= 0.3 is 0 Å². The highest BCUT2D eigenvalue weighted by molar-refractivity contribution is 6.09. The molecule has 2 N–H and O–H groups in total. The number of carbonyl (C=O) groups excluding carboxylic acids is 2. The molecule has 23 heavy (non-hydrogen) atoms. The van der Waals surface area contributed by atoms with Crippen molar-refractivity contribution in [3.8, 4) is 0 Å². The van der Waals surface area contributed by atoms with Crippen LogP contribution in [0.25, 0.3) is 0 Å². The van der Waals surface area contributed by atoms with Crippen LogP contribution in [0.5, 0.6) is 0 Å². The Balaban J connectivity index is 1.96. The maximum atomic E-state index is 11.8. The average Bonchev–Trinajstić information content (AvgIpc) is 2.84. The third-order valence-electron chi connectivity index (χ3n) is 3.40. The minimum absolute atomic E-state index is 0.0207. The molecule has 9 nitrogen and oxygen atoms in total. The standard InChI is InChI=1S/C14H15N5O4/c1-8(10-3-5-11(6-4-10)19(22)23)15-17-13(20)7-12-9(2)16-18-14(12)21/h3-6,12H,7H2,1-2H3,(H,17,20)(H,18,21)/b15-8+/t12-/m1/s1. The highest BCUT2D eigenvalue weighted by atomic mass is 16.6. The van der Waals surface area contributed by atoms with Crippen LogP contribution in [0, 0.1) is 16.0 Å². The van der Waals surface area contributed by atoms with E-state index in [-0.39, 0.29) is 18.0 Å². The Morgan fingerprint density at radius 3 is 2.61 bits per heavy atom. The number of nitrogens with one attached hydrogen (secondary N) is 2. The lowest BCUT2D eigenvalue weighted by Crippen LogP contribution is -2.29. The van der Waals surface area contributed by atoms with Crippen LogP contribution in [0.4, 0.5) is 5.69 Å². The number of hydrogen-bond donors (Lipinski definition) is 2. The average molecular weight is 317 g/mol. The lowest BCUT2D eigenvalue weighted by atomic mass is 10.0. The summed E-state index contributed by atoms with van der Waals surface area (Å²) in [5.74, 6) is -1.30. The van der Waals surface area contributed by atoms with Gasteiger partial charge < -0.3 is 0 Å². The third kappa shape index (κ3) is 3.96. The monoisotopic (exact) mass is 317 g/mol. The molecule has 0 radical (unpaired) electrons. The first-order valence-electron chi connectivity index (χ1n) is 6.80. The number of hydrogen-bond acceptors (Lipinski definition) is 6. The topological polar surface area (TPSA) is 126 Å². The summed E-state index contributed by atoms with van der Waals surface area (Å²) in [5, 5.41) is 18.3. The van der Waals surface area contributed by atoms with Crippen molar-refractivity contribution in [3.63, 3.8) is 0 Å². The van der Waals surface area contributed by atoms with Crippen molar-refractivity contribution in [2.45, 2.75) is 20.3 Å². The fraction of sp³-hybridized carbons (Fsp3) is 0.286. The van der Waals surface area contributed by atoms with Gasteiger partial charge in [0, 0.05) is 24.3 Å². The molecule has 1 aliphatic heterocycles. The van der Waals surface area contributed by atoms with Gasteiger partial charge in [-0.15, -0.1) is 0 Å². The van der Waals surface area contributed by atoms with Gasteiger partial charge in [-0.1, -0.05) is 0 Å². The summed E-state index contributed by atoms with van der Waals surface area (Å²) in [6, 6.07) is 5.81. The molecule has 1 atom stereocenters. The van der Waals surface area contributed by atoms with Gasteiger partial charge in [0.05, 0.1) is 16.6 Å². The minimum atomic E-state index is -0.579. The number of hydrazone groups is 2. The van der Waals surface area contributed by atoms with Gasteiger partial charge in [0.2, 0.25) is 11.8 Å². The van der Waals surface area contributed by atoms with E-state index in [1.165, 1.54) is 12.1 Å². The van der Waals surface area contributed by atoms with Crippen molar-refractivity contribution in [2.75, 3.05) is 0 Å². The molecule has 1 heterocycles. The number of carbonyl (C=O) groups is 2. The van der Waals surface area contributed by atoms with Crippen LogP contribution in [0.15, 0.2) is 34.5 Å². The molecule has 1 aromatic carbocycles. The Bertz CT molecular complexity index is 708. The van der Waals surface area contributed by atoms with E-state index >= 15 is 0 Å². The van der Waals surface area contributed by atoms with Crippen LogP contribution in [0.1, 0.15) is 25.8 Å². The summed E-state index contributed by atoms with van der Waals surface area (Å²) in [4.78, 5) is 33.4. The number of nitro groups is 1. The lowest BCUT2D eigenvalue weighted by molar-refractivity contribution is -0.384. The fourth-order valence-electron chi connectivity index (χ4n) is 2.00. The van der Waals surface area contributed by atoms with Crippen LogP contribution in [-0.2, 0) is 9.59 Å². The second-order valence-corrected chi connectivity index (χ2v) is 5.02. The quantitative estimate of drug-likeness (QED) is 0.476. The molecular formula is C14H15N5O4. The Morgan fingerprint density at radius 1 is 1.43 bits per heavy atom. The van der Waals surface area contributed by atoms with E-state index in [1.807, 2.05) is 0 Å². The lowest BCUT2D eigenvalue weighted by Gasteiger charge is -2.07. The second-order valence-electron chi connectivity index (χ2n) is 5.02. The summed E-state index contributed by atoms with van der Waals surface area (Å²) in [7, 11) is 0. The summed E-state index contributed by atoms with van der Waals surface area (Å²) < 4.78 is 0. The summed E-state index contributed by atoms with van der Waals surface area (Å²) in [5.41, 5.74) is 6.35. The molecule has 9 heteroatoms. The van der Waals surface area contributed by atoms with Crippen molar-refractivity contribution >= 4 is 28.9 Å². The van der Waals surface area contributed by atoms with Gasteiger partial charge in [-0.05, 0) is 31.5 Å². The summed E-state index contributed by atoms with van der Waals surface area (Å²) in [6.45, 7) is 3.33. The van der Waals surface area contributed by atoms with E-state index in [4.69, 9.17) is 0 Å². The molecular weight excluding hydrogens is 302 g/mol. The molecule has 2 rings (SSSR count). The van der Waals surface area contributed by atoms with E-state index in [0.717, 1.165) is 0 Å². The molecule has 0 bridgehead atoms. The molecule has 0 unspecified atom stereocenters. The maximum Gasteiger partial charge on any atom is 0.269 e. The van der Waals surface area contributed by atoms with Gasteiger partial charge in [-0.3, -0.25) is 19.7 Å². The summed E-state index contributed by atoms with van der Waals surface area (Å²) in [6.07, 6.45) is -0.0434. The van der Waals surface area contributed by atoms with Crippen molar-refractivity contribution in [3.05, 3.63) is 39.9 Å². The molecule has 0 saturated carbocycles. The Labute approximate surface area is 131 Å². The van der Waals surface area contributed by atoms with Crippen LogP contribution in [-0.4, -0.2) is 28.2 Å². The van der Waals surface area contributed by atoms with Gasteiger partial charge in [0.1, 0.15) is 0 Å². The molecule has 2 amide bonds. The zero-order chi connectivity index (χ0) is 17.0. The first-order chi connectivity index (χ1) is 10.9. The van der Waals surface area contributed by atoms with E-state index in [9.17, 15) is 19.7 Å². The Kier molecular flexibility index (Phi) is 4.79. The second kappa shape index (κ2) is 6.77. The van der Waals surface area contributed by atoms with E-state index in [2.05, 4.69) is 21.1 Å². The number of nitro benzene ring substituents is 1. The molecule has 1 aromatic rings. The number of rotatable bonds is 5. The van der Waals surface area contributed by atoms with Crippen molar-refractivity contribution < 1.29 is 14.5 Å². The first-order valence-corrected chi connectivity index (χ1v) is 6.80. The minimum Gasteiger partial charge on any atom is -0.273 e. The molecule has 0 aromatic heterocycles. The van der Waals surface area contributed by atoms with Crippen molar-refractivity contribution in [1.29, 1.82) is 0 Å². The third-order valence-corrected chi connectivity index (χ3v) is 3.40. The largest absolute Gasteiger partial charge is 0.273 e. The first kappa shape index (κ1) is 16.3. The van der Waals surface area contributed by atoms with Crippen molar-refractivity contribution in [1.82, 2.24) is 10.9 Å². The number of nitrogens with zero attached hydrogens (tertiary/aromatic N) is 3. The molecule has 0 spiro atoms. The Hall–Kier alpha value is -3.10. The highest BCUT2D eigenvalue weighted by Gasteiger charge is 2.29. The predicted octanol–water partition coefficient (Wildman–Crippen LogP) is 0.947. The maximum absolute atomic E-state index is 11.8. The SMILES string of the molecule is CC1=NNC(=O)[C@@H]1CC(=O)N/N=C(\C)c1ccc([N+](=O)[O-])cc1. The van der Waals surface area contributed by atoms with Gasteiger partial charge in [0.25, 0.3) is 5.69 Å². The zero-order valence-corrected chi connectivity index (χ0v) is 12.6. The van der Waals surface area contributed by atoms with E-state index < -0.39 is 16.7 Å². The van der Waals surface area contributed by atoms with Crippen molar-refractivity contribution in [2.24, 2.45) is 16.1 Å². The number of non-ortho nitro benzene ring substituents is 1. The fourth-order valence-corrected chi connectivity index (χ4v) is 2.00. The van der Waals surface area contributed by atoms with Gasteiger partial charge in [-0.25, -0.2) is 10.9 Å². The summed E-state index contributed by atoms with van der Waals surface area (Å²) >= 11 is 0. The smallest absolute Gasteiger partial charge is 0.269 e.